The number of unbranched alkanes of at least 4 members (excludes halogenated alkanes) is 2. The highest BCUT2D eigenvalue weighted by Gasteiger charge is 2.41. The lowest BCUT2D eigenvalue weighted by Gasteiger charge is -2.36. The zero-order valence-corrected chi connectivity index (χ0v) is 75.7. The molecule has 39 nitrogen and oxygen atoms in total. The molecule has 0 saturated carbocycles. The number of carbonyl (C=O) groups excluding carboxylic acids is 17. The van der Waals surface area contributed by atoms with Gasteiger partial charge in [0.05, 0.1) is 38.2 Å². The maximum absolute atomic E-state index is 15.6. The number of nitrogens with one attached hydrogen (secondary N) is 14. The highest BCUT2D eigenvalue weighted by atomic mass is 32.2. The molecule has 12 atom stereocenters. The number of H-pyrrole nitrogens is 3. The number of nitrogens with zero attached hydrogens (tertiary/aromatic N) is 5. The van der Waals surface area contributed by atoms with E-state index in [-0.39, 0.29) is 81.9 Å². The van der Waals surface area contributed by atoms with E-state index < -0.39 is 205 Å². The van der Waals surface area contributed by atoms with Gasteiger partial charge in [-0.05, 0) is 85.8 Å². The average molecular weight is 1810 g/mol. The Balaban J connectivity index is 1.25. The summed E-state index contributed by atoms with van der Waals surface area (Å²) in [6.07, 6.45) is 8.91. The number of rotatable bonds is 24. The third kappa shape index (κ3) is 31.8. The zero-order valence-electron chi connectivity index (χ0n) is 74.9. The van der Waals surface area contributed by atoms with Crippen LogP contribution in [0.2, 0.25) is 0 Å². The summed E-state index contributed by atoms with van der Waals surface area (Å²) in [4.78, 5) is 261. The quantitative estimate of drug-likeness (QED) is 0.0370. The van der Waals surface area contributed by atoms with Crippen LogP contribution < -0.4 is 70.0 Å². The molecule has 3 aromatic carbocycles. The number of likely N-dealkylation sites (N-methyl/N-ethyl adjacent to an activating group) is 4. The van der Waals surface area contributed by atoms with Crippen molar-refractivity contribution in [2.45, 2.75) is 211 Å². The number of hydrogen-bond acceptors (Lipinski definition) is 20. The van der Waals surface area contributed by atoms with Gasteiger partial charge in [-0.2, -0.15) is 0 Å². The Kier molecular flexibility index (Phi) is 40.8. The van der Waals surface area contributed by atoms with Crippen LogP contribution in [0.1, 0.15) is 135 Å². The summed E-state index contributed by atoms with van der Waals surface area (Å²) in [7, 11) is 5.34. The Morgan fingerprint density at radius 2 is 1.05 bits per heavy atom. The van der Waals surface area contributed by atoms with Crippen molar-refractivity contribution >= 4 is 134 Å². The second-order valence-corrected chi connectivity index (χ2v) is 34.1. The molecule has 6 aromatic rings. The van der Waals surface area contributed by atoms with Crippen LogP contribution >= 0.6 is 11.8 Å². The predicted octanol–water partition coefficient (Wildman–Crippen LogP) is -0.284. The van der Waals surface area contributed by atoms with E-state index in [9.17, 15) is 62.6 Å². The molecular formula is C89H125N21O18S. The van der Waals surface area contributed by atoms with Gasteiger partial charge >= 0.3 is 0 Å². The molecule has 0 aliphatic carbocycles. The van der Waals surface area contributed by atoms with Gasteiger partial charge in [-0.3, -0.25) is 81.5 Å². The molecule has 3 aromatic heterocycles. The first-order valence-electron chi connectivity index (χ1n) is 43.3. The topological polar surface area (TPSA) is 568 Å². The zero-order chi connectivity index (χ0) is 94.7. The van der Waals surface area contributed by atoms with E-state index >= 15 is 24.0 Å². The Bertz CT molecular complexity index is 4900. The van der Waals surface area contributed by atoms with Gasteiger partial charge in [-0.15, -0.1) is 11.8 Å². The molecule has 7 rings (SSSR count). The summed E-state index contributed by atoms with van der Waals surface area (Å²) in [6, 6.07) is 5.30. The van der Waals surface area contributed by atoms with Crippen molar-refractivity contribution in [1.82, 2.24) is 98.0 Å². The molecule has 40 heteroatoms. The van der Waals surface area contributed by atoms with Crippen LogP contribution in [0.4, 0.5) is 0 Å². The number of primary amides is 2. The Labute approximate surface area is 753 Å². The molecule has 700 valence electrons. The molecule has 0 saturated heterocycles. The molecule has 0 radical (unpaired) electrons. The molecule has 4 heterocycles. The fourth-order valence-corrected chi connectivity index (χ4v) is 15.6. The second kappa shape index (κ2) is 51.1. The first-order chi connectivity index (χ1) is 61.4. The molecule has 0 unspecified atom stereocenters. The lowest BCUT2D eigenvalue weighted by atomic mass is 9.99. The number of carbonyl (C=O) groups is 17. The van der Waals surface area contributed by atoms with E-state index in [0.29, 0.717) is 69.9 Å². The Morgan fingerprint density at radius 3 is 1.64 bits per heavy atom. The molecule has 19 N–H and O–H groups in total. The van der Waals surface area contributed by atoms with Gasteiger partial charge in [-0.25, -0.2) is 4.98 Å². The van der Waals surface area contributed by atoms with Crippen molar-refractivity contribution < 1.29 is 86.6 Å². The number of benzene rings is 3. The normalized spacial score (nSPS) is 23.2. The van der Waals surface area contributed by atoms with E-state index in [1.165, 1.54) is 63.5 Å². The molecule has 0 bridgehead atoms. The fourth-order valence-electron chi connectivity index (χ4n) is 14.8. The van der Waals surface area contributed by atoms with Gasteiger partial charge < -0.3 is 110 Å². The van der Waals surface area contributed by atoms with E-state index in [4.69, 9.17) is 11.5 Å². The van der Waals surface area contributed by atoms with Crippen LogP contribution in [-0.4, -0.2) is 284 Å². The van der Waals surface area contributed by atoms with Crippen molar-refractivity contribution in [3.63, 3.8) is 0 Å². The number of aliphatic hydroxyl groups is 1. The summed E-state index contributed by atoms with van der Waals surface area (Å²) in [6.45, 7) is 9.58. The van der Waals surface area contributed by atoms with Crippen molar-refractivity contribution in [3.05, 3.63) is 138 Å². The number of aliphatic hydroxyl groups excluding tert-OH is 1. The lowest BCUT2D eigenvalue weighted by molar-refractivity contribution is -0.149. The smallest absolute Gasteiger partial charge is 0.245 e. The summed E-state index contributed by atoms with van der Waals surface area (Å²) < 4.78 is 0. The van der Waals surface area contributed by atoms with Gasteiger partial charge in [0.1, 0.15) is 72.5 Å². The van der Waals surface area contributed by atoms with Gasteiger partial charge in [0.15, 0.2) is 0 Å². The highest BCUT2D eigenvalue weighted by molar-refractivity contribution is 8.00. The second-order valence-electron chi connectivity index (χ2n) is 33.1. The van der Waals surface area contributed by atoms with Gasteiger partial charge in [-0.1, -0.05) is 140 Å². The molecule has 17 amide bonds. The maximum atomic E-state index is 15.6. The summed E-state index contributed by atoms with van der Waals surface area (Å²) in [5.74, 6) is -16.0. The predicted molar refractivity (Wildman–Crippen MR) is 482 cm³/mol. The monoisotopic (exact) mass is 1810 g/mol. The number of nitrogens with two attached hydrogens (primary N) is 2. The van der Waals surface area contributed by atoms with E-state index in [1.807, 2.05) is 13.8 Å². The van der Waals surface area contributed by atoms with E-state index in [1.54, 1.807) is 119 Å². The van der Waals surface area contributed by atoms with Gasteiger partial charge in [0, 0.05) is 112 Å². The first kappa shape index (κ1) is 103. The first-order valence-corrected chi connectivity index (χ1v) is 44.4. The molecular weight excluding hydrogens is 1680 g/mol. The molecule has 129 heavy (non-hydrogen) atoms. The number of thioether (sulfide) groups is 1. The van der Waals surface area contributed by atoms with Crippen LogP contribution in [0.3, 0.4) is 0 Å². The van der Waals surface area contributed by atoms with Crippen molar-refractivity contribution in [2.75, 3.05) is 65.9 Å². The SMILES string of the molecule is CCCC[C@H]1C(=O)N(C)[C@@H](CCCC)C(=O)N[C@@H](CC(C)C)C(=O)N[C@H](C(=O)NCC(N)=O)CSCC(=O)N[C@@H](Cc2ccccc2)C(=O)N(C)[C@@H](C)C(=O)N[C@@H](CC(N)=O)C(=O)NCC/C=C/C(=O)N[C@@H](Cc2cnc[nH]2)C(=O)N[C@@H](CC(C)C)C(=O)N(C)CC(=O)N[C@@H](Cc2c[nH]c3ccccc23)C(=O)N[C@@H](CO)C(=O)N[C@@H](Cc2c[nH]c3ccccc23)C(=O)N1C. The lowest BCUT2D eigenvalue weighted by Crippen LogP contribution is -2.61. The summed E-state index contributed by atoms with van der Waals surface area (Å²) >= 11 is 0.836. The number of hydrogen-bond donors (Lipinski definition) is 17. The minimum Gasteiger partial charge on any atom is -0.394 e. The summed E-state index contributed by atoms with van der Waals surface area (Å²) in [5, 5.41) is 41.5. The minimum atomic E-state index is -1.82. The standard InChI is InChI=1S/C89H125N21O18S/c1-12-14-31-71-85(124)102-62(35-51(3)4)81(120)106-70(80(119)96-45-74(91)113)48-129-49-77(116)100-67(37-54-25-17-16-18-26-54)87(126)108(9)53(7)78(117)101-65(41-73(90)112)79(118)93-34-24-23-33-75(114)98-64(40-57-44-92-50-97-57)83(122)103-66(36-52(5)6)86(125)107(8)46-76(115)99-63(38-55-42-94-60-29-21-19-27-58(55)60)82(121)105-69(47-111)84(123)104-68(39-56-43-95-61-30-22-20-28-59(56)61)88(127)110(11)72(32-15-13-2)89(128)109(71)10/h16-23,25-30,33,42-44,50-53,62-72,94-95,111H,12-15,24,31-32,34-41,45-49H2,1-11H3,(H2,90,112)(H2,91,113)(H,92,97)(H,93,118)(H,96,119)(H,98,114)(H,99,115)(H,100,116)(H,101,117)(H,102,124)(H,103,122)(H,104,123)(H,105,121)(H,106,120)/b33-23+/t53-,62-,63-,64-,65-,66-,67-,68-,69-,70-,71-,72-/m0/s1. The van der Waals surface area contributed by atoms with Crippen molar-refractivity contribution in [2.24, 2.45) is 23.3 Å². The van der Waals surface area contributed by atoms with E-state index in [2.05, 4.69) is 78.4 Å². The summed E-state index contributed by atoms with van der Waals surface area (Å²) in [5.41, 5.74) is 14.4. The van der Waals surface area contributed by atoms with Gasteiger partial charge in [0.2, 0.25) is 100 Å². The number of amides is 17. The Hall–Kier alpha value is -13.0. The third-order valence-electron chi connectivity index (χ3n) is 21.9. The molecule has 0 fully saturated rings. The van der Waals surface area contributed by atoms with Crippen LogP contribution in [-0.2, 0) is 107 Å². The molecule has 1 aliphatic heterocycles. The number of fused-ring (bicyclic) bond motifs is 2. The van der Waals surface area contributed by atoms with Crippen LogP contribution in [0.25, 0.3) is 21.8 Å². The van der Waals surface area contributed by atoms with Gasteiger partial charge in [0.25, 0.3) is 0 Å². The van der Waals surface area contributed by atoms with Crippen LogP contribution in [0.5, 0.6) is 0 Å². The third-order valence-corrected chi connectivity index (χ3v) is 23.0. The highest BCUT2D eigenvalue weighted by Crippen LogP contribution is 2.25. The number of aromatic amines is 3. The molecule has 0 spiro atoms. The van der Waals surface area contributed by atoms with Crippen LogP contribution in [0, 0.1) is 11.8 Å². The molecule has 1 aliphatic rings. The minimum absolute atomic E-state index is 0.0250. The number of para-hydroxylation sites is 2. The van der Waals surface area contributed by atoms with Crippen molar-refractivity contribution in [1.29, 1.82) is 0 Å². The fraction of sp³-hybridized carbons (Fsp3) is 0.506. The Morgan fingerprint density at radius 1 is 0.527 bits per heavy atom. The van der Waals surface area contributed by atoms with Crippen molar-refractivity contribution in [3.8, 4) is 0 Å². The average Bonchev–Trinajstić information content (AvgIpc) is 1.72. The number of imidazole rings is 1. The van der Waals surface area contributed by atoms with Crippen LogP contribution in [0.15, 0.2) is 116 Å². The number of aromatic nitrogens is 4. The largest absolute Gasteiger partial charge is 0.394 e. The van der Waals surface area contributed by atoms with E-state index in [0.717, 1.165) is 27.6 Å². The maximum Gasteiger partial charge on any atom is 0.245 e.